The molecule has 5 atom stereocenters. The smallest absolute Gasteiger partial charge is 0.418 e. The summed E-state index contributed by atoms with van der Waals surface area (Å²) in [5.74, 6) is -2.64. The molecule has 0 unspecified atom stereocenters. The number of imide groups is 1. The maximum Gasteiger partial charge on any atom is 0.418 e. The summed E-state index contributed by atoms with van der Waals surface area (Å²) in [6.45, 7) is 8.22. The molecule has 5 aromatic rings. The van der Waals surface area contributed by atoms with Crippen LogP contribution in [-0.2, 0) is 23.9 Å². The van der Waals surface area contributed by atoms with Gasteiger partial charge in [0.1, 0.15) is 34.6 Å². The van der Waals surface area contributed by atoms with Crippen molar-refractivity contribution < 1.29 is 38.2 Å². The highest BCUT2D eigenvalue weighted by Gasteiger charge is 2.69. The minimum absolute atomic E-state index is 0.00844. The molecule has 17 heteroatoms. The number of carbonyl (C=O) groups is 5. The van der Waals surface area contributed by atoms with Crippen LogP contribution in [0, 0.1) is 12.8 Å². The lowest BCUT2D eigenvalue weighted by Gasteiger charge is -2.35. The van der Waals surface area contributed by atoms with E-state index in [1.807, 2.05) is 60.7 Å². The van der Waals surface area contributed by atoms with Crippen molar-refractivity contribution >= 4 is 62.4 Å². The highest BCUT2D eigenvalue weighted by atomic mass is 32.1. The summed E-state index contributed by atoms with van der Waals surface area (Å²) in [6.07, 6.45) is 7.67. The van der Waals surface area contributed by atoms with E-state index in [2.05, 4.69) is 15.3 Å². The molecule has 328 valence electrons. The van der Waals surface area contributed by atoms with Crippen molar-refractivity contribution in [3.05, 3.63) is 84.5 Å². The summed E-state index contributed by atoms with van der Waals surface area (Å²) in [5.41, 5.74) is -0.282. The Morgan fingerprint density at radius 3 is 2.35 bits per heavy atom. The van der Waals surface area contributed by atoms with Crippen LogP contribution in [0.25, 0.3) is 32.0 Å². The molecular weight excluding hydrogens is 825 g/mol. The molecule has 0 spiro atoms. The molecule has 4 amide bonds. The third kappa shape index (κ3) is 9.10. The van der Waals surface area contributed by atoms with Crippen molar-refractivity contribution in [1.29, 1.82) is 0 Å². The van der Waals surface area contributed by atoms with Crippen LogP contribution < -0.4 is 10.1 Å². The van der Waals surface area contributed by atoms with E-state index in [0.29, 0.717) is 40.4 Å². The van der Waals surface area contributed by atoms with Gasteiger partial charge in [-0.1, -0.05) is 49.3 Å². The number of rotatable bonds is 7. The number of benzene rings is 2. The first kappa shape index (κ1) is 43.3. The number of hydrogen-bond donors (Lipinski definition) is 1. The average molecular weight is 875 g/mol. The fourth-order valence-electron chi connectivity index (χ4n) is 8.20. The molecule has 5 heterocycles. The van der Waals surface area contributed by atoms with Crippen molar-refractivity contribution in [3.63, 3.8) is 0 Å². The highest BCUT2D eigenvalue weighted by Crippen LogP contribution is 2.52. The largest absolute Gasteiger partial charge is 0.471 e. The Hall–Kier alpha value is -6.36. The minimum atomic E-state index is -1.72. The summed E-state index contributed by atoms with van der Waals surface area (Å²) < 4.78 is 19.1. The first-order valence-corrected chi connectivity index (χ1v) is 22.2. The Labute approximate surface area is 368 Å². The van der Waals surface area contributed by atoms with Crippen LogP contribution in [0.3, 0.4) is 0 Å². The van der Waals surface area contributed by atoms with E-state index in [-0.39, 0.29) is 43.9 Å². The number of carbonyl (C=O) groups excluding carboxylic acids is 5. The maximum atomic E-state index is 15.4. The summed E-state index contributed by atoms with van der Waals surface area (Å²) in [6, 6.07) is 12.6. The van der Waals surface area contributed by atoms with Crippen molar-refractivity contribution in [2.24, 2.45) is 5.92 Å². The normalized spacial score (nSPS) is 23.6. The van der Waals surface area contributed by atoms with Gasteiger partial charge in [0.25, 0.3) is 11.8 Å². The van der Waals surface area contributed by atoms with Gasteiger partial charge in [0.05, 0.1) is 40.0 Å². The number of allylic oxidation sites excluding steroid dienone is 1. The number of nitrogens with one attached hydrogen (secondary N) is 1. The SMILES string of the molecule is CCOC(=O)[C@@]12C[C@H]1/C=C\CCCCC[C@H](NC(=O)c1cnc(C)nc1)C(=O)N1C[C@H](Oc3nc4ccccc4nc3-c3nc4ccccc4s3)C[C@H]1C(=O)N2C(=O)OC(C)(C)C. The van der Waals surface area contributed by atoms with Crippen LogP contribution >= 0.6 is 11.3 Å². The zero-order valence-corrected chi connectivity index (χ0v) is 36.7. The van der Waals surface area contributed by atoms with Gasteiger partial charge in [-0.25, -0.2) is 39.4 Å². The molecule has 3 aliphatic rings. The van der Waals surface area contributed by atoms with Crippen molar-refractivity contribution in [2.45, 2.75) is 109 Å². The van der Waals surface area contributed by atoms with Crippen LogP contribution in [0.5, 0.6) is 5.88 Å². The number of esters is 1. The summed E-state index contributed by atoms with van der Waals surface area (Å²) >= 11 is 1.43. The number of thiazole rings is 1. The Bertz CT molecular complexity index is 2560. The number of ether oxygens (including phenoxy) is 3. The molecule has 63 heavy (non-hydrogen) atoms. The first-order valence-electron chi connectivity index (χ1n) is 21.4. The molecule has 1 aliphatic carbocycles. The number of para-hydroxylation sites is 3. The molecule has 1 N–H and O–H groups in total. The van der Waals surface area contributed by atoms with Gasteiger partial charge >= 0.3 is 12.1 Å². The summed E-state index contributed by atoms with van der Waals surface area (Å²) in [7, 11) is 0. The standard InChI is InChI=1S/C46H50N8O8S/c1-6-60-43(58)46-23-29(46)16-10-8-7-9-11-20-34(50-38(55)28-24-47-27(2)48-25-28)41(56)53-26-30(22-35(53)42(57)54(46)44(59)62-45(3,4)5)61-39-37(49-31-17-12-13-18-32(31)51-39)40-52-33-19-14-15-21-36(33)63-40/h10,12-19,21,24-25,29-30,34-35H,6-9,11,20,22-23,26H2,1-5H3,(H,50,55)/b16-10-/t29-,30-,34+,35+,46-/m1/s1. The summed E-state index contributed by atoms with van der Waals surface area (Å²) in [5, 5.41) is 3.45. The lowest BCUT2D eigenvalue weighted by Crippen LogP contribution is -2.60. The van der Waals surface area contributed by atoms with Gasteiger partial charge in [-0.3, -0.25) is 14.4 Å². The third-order valence-electron chi connectivity index (χ3n) is 11.3. The number of nitrogens with zero attached hydrogens (tertiary/aromatic N) is 7. The monoisotopic (exact) mass is 874 g/mol. The van der Waals surface area contributed by atoms with Crippen LogP contribution in [0.15, 0.2) is 73.1 Å². The molecule has 2 fully saturated rings. The Balaban J connectivity index is 1.22. The lowest BCUT2D eigenvalue weighted by molar-refractivity contribution is -0.159. The van der Waals surface area contributed by atoms with Gasteiger partial charge in [-0.05, 0) is 84.6 Å². The number of hydrogen-bond acceptors (Lipinski definition) is 14. The second-order valence-electron chi connectivity index (χ2n) is 17.1. The van der Waals surface area contributed by atoms with Gasteiger partial charge in [-0.2, -0.15) is 0 Å². The quantitative estimate of drug-likeness (QED) is 0.133. The van der Waals surface area contributed by atoms with Gasteiger partial charge in [0.15, 0.2) is 11.2 Å². The second kappa shape index (κ2) is 17.8. The Morgan fingerprint density at radius 2 is 1.63 bits per heavy atom. The van der Waals surface area contributed by atoms with Crippen LogP contribution in [-0.4, -0.2) is 107 Å². The number of fused-ring (bicyclic) bond motifs is 4. The molecule has 8 rings (SSSR count). The van der Waals surface area contributed by atoms with E-state index < -0.39 is 65.0 Å². The molecule has 1 saturated carbocycles. The first-order chi connectivity index (χ1) is 30.3. The Kier molecular flexibility index (Phi) is 12.2. The van der Waals surface area contributed by atoms with Gasteiger partial charge in [-0.15, -0.1) is 11.3 Å². The van der Waals surface area contributed by atoms with Crippen LogP contribution in [0.2, 0.25) is 0 Å². The molecule has 16 nitrogen and oxygen atoms in total. The highest BCUT2D eigenvalue weighted by molar-refractivity contribution is 7.21. The topological polar surface area (TPSA) is 196 Å². The van der Waals surface area contributed by atoms with Crippen LogP contribution in [0.1, 0.15) is 88.8 Å². The molecular formula is C46H50N8O8S. The zero-order chi connectivity index (χ0) is 44.5. The summed E-state index contributed by atoms with van der Waals surface area (Å²) in [4.78, 5) is 97.9. The Morgan fingerprint density at radius 1 is 0.921 bits per heavy atom. The van der Waals surface area contributed by atoms with E-state index in [1.54, 1.807) is 34.6 Å². The fourth-order valence-corrected chi connectivity index (χ4v) is 9.15. The number of aromatic nitrogens is 5. The molecule has 2 aliphatic heterocycles. The predicted octanol–water partition coefficient (Wildman–Crippen LogP) is 6.76. The fraction of sp³-hybridized carbons (Fsp3) is 0.435. The van der Waals surface area contributed by atoms with Crippen LogP contribution in [0.4, 0.5) is 4.79 Å². The predicted molar refractivity (Wildman–Crippen MR) is 233 cm³/mol. The molecule has 1 saturated heterocycles. The number of aryl methyl sites for hydroxylation is 1. The molecule has 3 aromatic heterocycles. The van der Waals surface area contributed by atoms with E-state index in [1.165, 1.54) is 28.6 Å². The molecule has 2 aromatic carbocycles. The zero-order valence-electron chi connectivity index (χ0n) is 35.9. The molecule has 0 radical (unpaired) electrons. The van der Waals surface area contributed by atoms with Gasteiger partial charge in [0, 0.05) is 24.7 Å². The van der Waals surface area contributed by atoms with E-state index in [9.17, 15) is 14.4 Å². The number of amides is 4. The molecule has 0 bridgehead atoms. The average Bonchev–Trinajstić information content (AvgIpc) is 3.56. The van der Waals surface area contributed by atoms with Crippen molar-refractivity contribution in [2.75, 3.05) is 13.2 Å². The van der Waals surface area contributed by atoms with Gasteiger partial charge < -0.3 is 24.4 Å². The van der Waals surface area contributed by atoms with E-state index >= 15 is 9.59 Å². The van der Waals surface area contributed by atoms with E-state index in [0.717, 1.165) is 28.0 Å². The van der Waals surface area contributed by atoms with E-state index in [4.69, 9.17) is 29.2 Å². The maximum absolute atomic E-state index is 15.4. The second-order valence-corrected chi connectivity index (χ2v) is 18.1. The van der Waals surface area contributed by atoms with Gasteiger partial charge in [0.2, 0.25) is 11.8 Å². The minimum Gasteiger partial charge on any atom is -0.471 e. The van der Waals surface area contributed by atoms with Crippen molar-refractivity contribution in [3.8, 4) is 16.6 Å². The third-order valence-corrected chi connectivity index (χ3v) is 12.4. The lowest BCUT2D eigenvalue weighted by atomic mass is 10.0. The van der Waals surface area contributed by atoms with Crippen molar-refractivity contribution in [1.82, 2.24) is 40.0 Å².